The van der Waals surface area contributed by atoms with Gasteiger partial charge in [-0.15, -0.1) is 0 Å². The molecule has 2 atom stereocenters. The lowest BCUT2D eigenvalue weighted by molar-refractivity contribution is -0.123. The van der Waals surface area contributed by atoms with E-state index in [-0.39, 0.29) is 12.5 Å². The topological polar surface area (TPSA) is 69.6 Å². The molecule has 0 saturated heterocycles. The van der Waals surface area contributed by atoms with Gasteiger partial charge in [0.05, 0.1) is 18.8 Å². The van der Waals surface area contributed by atoms with Crippen LogP contribution in [0.4, 0.5) is 0 Å². The standard InChI is InChI=1S/C50H101NO3/c1-3-5-7-9-11-13-15-16-17-18-19-20-21-22-23-24-25-26-27-28-29-30-31-32-33-34-36-38-40-42-44-46-50(54)51-48(47-52)49(53)45-43-41-39-37-35-14-12-10-8-6-4-2/h48-49,52-53H,3-47H2,1-2H3,(H,51,54)/t48-,49+/m0/s1. The van der Waals surface area contributed by atoms with Crippen LogP contribution in [-0.4, -0.2) is 34.9 Å². The van der Waals surface area contributed by atoms with Gasteiger partial charge in [-0.3, -0.25) is 4.79 Å². The highest BCUT2D eigenvalue weighted by molar-refractivity contribution is 5.76. The van der Waals surface area contributed by atoms with E-state index in [0.29, 0.717) is 12.8 Å². The van der Waals surface area contributed by atoms with E-state index >= 15 is 0 Å². The number of rotatable bonds is 47. The molecule has 4 nitrogen and oxygen atoms in total. The number of hydrogen-bond donors (Lipinski definition) is 3. The molecule has 1 amide bonds. The molecule has 0 aliphatic rings. The Kier molecular flexibility index (Phi) is 46.2. The zero-order valence-corrected chi connectivity index (χ0v) is 37.3. The number of nitrogens with one attached hydrogen (secondary N) is 1. The van der Waals surface area contributed by atoms with E-state index in [4.69, 9.17) is 0 Å². The summed E-state index contributed by atoms with van der Waals surface area (Å²) in [4.78, 5) is 12.4. The van der Waals surface area contributed by atoms with E-state index in [1.807, 2.05) is 0 Å². The van der Waals surface area contributed by atoms with E-state index in [1.165, 1.54) is 244 Å². The highest BCUT2D eigenvalue weighted by Crippen LogP contribution is 2.18. The van der Waals surface area contributed by atoms with Crippen molar-refractivity contribution >= 4 is 5.91 Å². The fraction of sp³-hybridized carbons (Fsp3) is 0.980. The lowest BCUT2D eigenvalue weighted by atomic mass is 10.0. The molecule has 4 heteroatoms. The number of carbonyl (C=O) groups is 1. The molecule has 0 unspecified atom stereocenters. The second kappa shape index (κ2) is 46.8. The van der Waals surface area contributed by atoms with Crippen LogP contribution in [-0.2, 0) is 4.79 Å². The molecular formula is C50H101NO3. The van der Waals surface area contributed by atoms with Crippen LogP contribution in [0.3, 0.4) is 0 Å². The smallest absolute Gasteiger partial charge is 0.220 e. The maximum atomic E-state index is 12.4. The molecule has 0 bridgehead atoms. The van der Waals surface area contributed by atoms with Gasteiger partial charge in [0.2, 0.25) is 5.91 Å². The first-order chi connectivity index (χ1) is 26.7. The van der Waals surface area contributed by atoms with E-state index in [0.717, 1.165) is 25.7 Å². The van der Waals surface area contributed by atoms with Crippen molar-refractivity contribution < 1.29 is 15.0 Å². The Morgan fingerprint density at radius 2 is 0.593 bits per heavy atom. The number of aliphatic hydroxyl groups is 2. The fourth-order valence-corrected chi connectivity index (χ4v) is 8.25. The summed E-state index contributed by atoms with van der Waals surface area (Å²) >= 11 is 0. The second-order valence-corrected chi connectivity index (χ2v) is 17.6. The van der Waals surface area contributed by atoms with Crippen molar-refractivity contribution in [2.75, 3.05) is 6.61 Å². The molecule has 324 valence electrons. The lowest BCUT2D eigenvalue weighted by Gasteiger charge is -2.22. The number of unbranched alkanes of at least 4 members (excludes halogenated alkanes) is 40. The van der Waals surface area contributed by atoms with Crippen molar-refractivity contribution in [2.45, 2.75) is 309 Å². The normalized spacial score (nSPS) is 12.7. The van der Waals surface area contributed by atoms with Gasteiger partial charge in [-0.2, -0.15) is 0 Å². The van der Waals surface area contributed by atoms with E-state index < -0.39 is 12.1 Å². The molecule has 0 rings (SSSR count). The van der Waals surface area contributed by atoms with Crippen LogP contribution in [0.1, 0.15) is 296 Å². The minimum Gasteiger partial charge on any atom is -0.394 e. The minimum atomic E-state index is -0.652. The van der Waals surface area contributed by atoms with E-state index in [9.17, 15) is 15.0 Å². The van der Waals surface area contributed by atoms with Gasteiger partial charge in [0.15, 0.2) is 0 Å². The average Bonchev–Trinajstić information content (AvgIpc) is 3.18. The Hall–Kier alpha value is -0.610. The molecule has 0 aromatic heterocycles. The summed E-state index contributed by atoms with van der Waals surface area (Å²) in [6.07, 6.45) is 58.0. The summed E-state index contributed by atoms with van der Waals surface area (Å²) in [7, 11) is 0. The van der Waals surface area contributed by atoms with Gasteiger partial charge in [0.25, 0.3) is 0 Å². The van der Waals surface area contributed by atoms with Crippen LogP contribution < -0.4 is 5.32 Å². The SMILES string of the molecule is CCCCCCCCCCCCCCCCCCCCCCCCCCCCCCCCCC(=O)N[C@@H](CO)[C@H](O)CCCCCCCCCCCCC. The third kappa shape index (κ3) is 42.5. The third-order valence-corrected chi connectivity index (χ3v) is 12.1. The van der Waals surface area contributed by atoms with Crippen LogP contribution >= 0.6 is 0 Å². The molecule has 3 N–H and O–H groups in total. The highest BCUT2D eigenvalue weighted by atomic mass is 16.3. The van der Waals surface area contributed by atoms with Crippen LogP contribution in [0.2, 0.25) is 0 Å². The zero-order chi connectivity index (χ0) is 39.3. The van der Waals surface area contributed by atoms with Gasteiger partial charge < -0.3 is 15.5 Å². The van der Waals surface area contributed by atoms with Crippen LogP contribution in [0.5, 0.6) is 0 Å². The predicted octanol–water partition coefficient (Wildman–Crippen LogP) is 16.0. The van der Waals surface area contributed by atoms with Gasteiger partial charge >= 0.3 is 0 Å². The van der Waals surface area contributed by atoms with Crippen LogP contribution in [0.15, 0.2) is 0 Å². The monoisotopic (exact) mass is 764 g/mol. The Balaban J connectivity index is 3.34. The molecule has 0 fully saturated rings. The molecule has 0 spiro atoms. The molecule has 54 heavy (non-hydrogen) atoms. The molecule has 0 aromatic carbocycles. The maximum absolute atomic E-state index is 12.4. The van der Waals surface area contributed by atoms with Gasteiger partial charge in [-0.25, -0.2) is 0 Å². The predicted molar refractivity (Wildman–Crippen MR) is 240 cm³/mol. The minimum absolute atomic E-state index is 0.0255. The maximum Gasteiger partial charge on any atom is 0.220 e. The average molecular weight is 764 g/mol. The number of carbonyl (C=O) groups excluding carboxylic acids is 1. The molecule has 0 aromatic rings. The lowest BCUT2D eigenvalue weighted by Crippen LogP contribution is -2.45. The first kappa shape index (κ1) is 53.4. The van der Waals surface area contributed by atoms with Crippen molar-refractivity contribution in [3.63, 3.8) is 0 Å². The summed E-state index contributed by atoms with van der Waals surface area (Å²) in [5, 5.41) is 23.1. The summed E-state index contributed by atoms with van der Waals surface area (Å²) in [6.45, 7) is 4.38. The molecule has 0 aliphatic carbocycles. The first-order valence-electron chi connectivity index (χ1n) is 25.2. The molecular weight excluding hydrogens is 663 g/mol. The molecule has 0 radical (unpaired) electrons. The summed E-state index contributed by atoms with van der Waals surface area (Å²) in [5.41, 5.74) is 0. The van der Waals surface area contributed by atoms with Crippen LogP contribution in [0.25, 0.3) is 0 Å². The molecule has 0 heterocycles. The van der Waals surface area contributed by atoms with Crippen molar-refractivity contribution in [1.29, 1.82) is 0 Å². The van der Waals surface area contributed by atoms with Crippen molar-refractivity contribution in [3.8, 4) is 0 Å². The third-order valence-electron chi connectivity index (χ3n) is 12.1. The zero-order valence-electron chi connectivity index (χ0n) is 37.3. The Bertz CT molecular complexity index is 699. The van der Waals surface area contributed by atoms with Crippen LogP contribution in [0, 0.1) is 0 Å². The first-order valence-corrected chi connectivity index (χ1v) is 25.2. The van der Waals surface area contributed by atoms with Gasteiger partial charge in [0.1, 0.15) is 0 Å². The number of aliphatic hydroxyl groups excluding tert-OH is 2. The second-order valence-electron chi connectivity index (χ2n) is 17.6. The van der Waals surface area contributed by atoms with Gasteiger partial charge in [0, 0.05) is 6.42 Å². The summed E-state index contributed by atoms with van der Waals surface area (Å²) in [5.74, 6) is -0.0255. The Labute approximate surface area is 340 Å². The Morgan fingerprint density at radius 1 is 0.370 bits per heavy atom. The fourth-order valence-electron chi connectivity index (χ4n) is 8.25. The van der Waals surface area contributed by atoms with Crippen molar-refractivity contribution in [2.24, 2.45) is 0 Å². The van der Waals surface area contributed by atoms with Crippen molar-refractivity contribution in [3.05, 3.63) is 0 Å². The largest absolute Gasteiger partial charge is 0.394 e. The van der Waals surface area contributed by atoms with E-state index in [2.05, 4.69) is 19.2 Å². The molecule has 0 saturated carbocycles. The number of amides is 1. The highest BCUT2D eigenvalue weighted by Gasteiger charge is 2.20. The van der Waals surface area contributed by atoms with E-state index in [1.54, 1.807) is 0 Å². The van der Waals surface area contributed by atoms with Crippen molar-refractivity contribution in [1.82, 2.24) is 5.32 Å². The van der Waals surface area contributed by atoms with Gasteiger partial charge in [-0.1, -0.05) is 277 Å². The Morgan fingerprint density at radius 3 is 0.833 bits per heavy atom. The summed E-state index contributed by atoms with van der Waals surface area (Å²) in [6, 6.07) is -0.529. The summed E-state index contributed by atoms with van der Waals surface area (Å²) < 4.78 is 0. The molecule has 0 aliphatic heterocycles. The quantitative estimate of drug-likeness (QED) is 0.0541. The van der Waals surface area contributed by atoms with Gasteiger partial charge in [-0.05, 0) is 12.8 Å². The number of hydrogen-bond acceptors (Lipinski definition) is 3.